The summed E-state index contributed by atoms with van der Waals surface area (Å²) in [5, 5.41) is 0.640. The number of carbonyl (C=O) groups is 1. The third kappa shape index (κ3) is 5.83. The molecule has 0 saturated carbocycles. The first-order chi connectivity index (χ1) is 14.4. The van der Waals surface area contributed by atoms with Gasteiger partial charge in [0.05, 0.1) is 10.8 Å². The van der Waals surface area contributed by atoms with Gasteiger partial charge in [0.25, 0.3) is 0 Å². The van der Waals surface area contributed by atoms with Crippen LogP contribution in [0, 0.1) is 0 Å². The number of rotatable bonds is 8. The van der Waals surface area contributed by atoms with E-state index in [4.69, 9.17) is 0 Å². The van der Waals surface area contributed by atoms with Crippen LogP contribution < -0.4 is 0 Å². The van der Waals surface area contributed by atoms with Gasteiger partial charge in [0.1, 0.15) is 4.90 Å². The SMILES string of the molecule is CCc1ccc(CN(C)C(=O)CSc2ccc(S(=O)(=O)N3CCCCC3)cn2)cc1. The molecular formula is C22H29N3O3S2. The molecule has 1 aromatic heterocycles. The van der Waals surface area contributed by atoms with Gasteiger partial charge in [-0.05, 0) is 42.5 Å². The van der Waals surface area contributed by atoms with Crippen LogP contribution in [0.25, 0.3) is 0 Å². The molecule has 0 N–H and O–H groups in total. The van der Waals surface area contributed by atoms with Crippen molar-refractivity contribution in [2.75, 3.05) is 25.9 Å². The zero-order chi connectivity index (χ0) is 21.6. The van der Waals surface area contributed by atoms with Crippen LogP contribution in [0.2, 0.25) is 0 Å². The highest BCUT2D eigenvalue weighted by Gasteiger charge is 2.26. The summed E-state index contributed by atoms with van der Waals surface area (Å²) in [7, 11) is -1.69. The third-order valence-corrected chi connectivity index (χ3v) is 8.09. The molecule has 2 aromatic rings. The first-order valence-electron chi connectivity index (χ1n) is 10.3. The Balaban J connectivity index is 1.53. The molecule has 0 aliphatic carbocycles. The number of sulfonamides is 1. The second-order valence-electron chi connectivity index (χ2n) is 7.51. The van der Waals surface area contributed by atoms with Crippen molar-refractivity contribution >= 4 is 27.7 Å². The molecule has 1 aromatic carbocycles. The number of hydrogen-bond donors (Lipinski definition) is 0. The van der Waals surface area contributed by atoms with Crippen LogP contribution in [-0.2, 0) is 27.8 Å². The maximum atomic E-state index is 12.7. The number of nitrogens with zero attached hydrogens (tertiary/aromatic N) is 3. The number of aryl methyl sites for hydroxylation is 1. The van der Waals surface area contributed by atoms with Crippen molar-refractivity contribution in [3.63, 3.8) is 0 Å². The van der Waals surface area contributed by atoms with E-state index in [1.165, 1.54) is 27.8 Å². The summed E-state index contributed by atoms with van der Waals surface area (Å²) in [5.41, 5.74) is 2.37. The molecule has 1 aliphatic heterocycles. The molecule has 3 rings (SSSR count). The predicted molar refractivity (Wildman–Crippen MR) is 120 cm³/mol. The first-order valence-corrected chi connectivity index (χ1v) is 12.7. The minimum absolute atomic E-state index is 0.00591. The maximum Gasteiger partial charge on any atom is 0.244 e. The fraction of sp³-hybridized carbons (Fsp3) is 0.455. The monoisotopic (exact) mass is 447 g/mol. The molecule has 1 fully saturated rings. The van der Waals surface area contributed by atoms with Gasteiger partial charge in [-0.15, -0.1) is 0 Å². The van der Waals surface area contributed by atoms with Crippen molar-refractivity contribution in [3.05, 3.63) is 53.7 Å². The van der Waals surface area contributed by atoms with Crippen molar-refractivity contribution < 1.29 is 13.2 Å². The van der Waals surface area contributed by atoms with Crippen molar-refractivity contribution in [3.8, 4) is 0 Å². The van der Waals surface area contributed by atoms with Crippen LogP contribution in [0.1, 0.15) is 37.3 Å². The zero-order valence-electron chi connectivity index (χ0n) is 17.6. The Morgan fingerprint density at radius 1 is 1.07 bits per heavy atom. The van der Waals surface area contributed by atoms with Crippen LogP contribution in [0.15, 0.2) is 52.5 Å². The number of amides is 1. The molecule has 6 nitrogen and oxygen atoms in total. The van der Waals surface area contributed by atoms with E-state index in [1.807, 2.05) is 0 Å². The van der Waals surface area contributed by atoms with Crippen molar-refractivity contribution in [1.82, 2.24) is 14.2 Å². The van der Waals surface area contributed by atoms with Gasteiger partial charge in [-0.3, -0.25) is 4.79 Å². The Kier molecular flexibility index (Phi) is 7.91. The van der Waals surface area contributed by atoms with E-state index in [0.717, 1.165) is 31.2 Å². The number of benzene rings is 1. The third-order valence-electron chi connectivity index (χ3n) is 5.28. The van der Waals surface area contributed by atoms with Gasteiger partial charge in [-0.25, -0.2) is 13.4 Å². The fourth-order valence-electron chi connectivity index (χ4n) is 3.35. The van der Waals surface area contributed by atoms with E-state index in [2.05, 4.69) is 36.2 Å². The van der Waals surface area contributed by atoms with Gasteiger partial charge in [-0.2, -0.15) is 4.31 Å². The van der Waals surface area contributed by atoms with Crippen LogP contribution >= 0.6 is 11.8 Å². The summed E-state index contributed by atoms with van der Waals surface area (Å²) in [6.07, 6.45) is 5.27. The average Bonchev–Trinajstić information content (AvgIpc) is 2.78. The molecule has 30 heavy (non-hydrogen) atoms. The number of piperidine rings is 1. The summed E-state index contributed by atoms with van der Waals surface area (Å²) < 4.78 is 26.9. The molecule has 8 heteroatoms. The quantitative estimate of drug-likeness (QED) is 0.579. The number of pyridine rings is 1. The summed E-state index contributed by atoms with van der Waals surface area (Å²) in [6, 6.07) is 11.6. The molecule has 1 saturated heterocycles. The van der Waals surface area contributed by atoms with E-state index in [-0.39, 0.29) is 16.6 Å². The van der Waals surface area contributed by atoms with Gasteiger partial charge < -0.3 is 4.90 Å². The molecule has 162 valence electrons. The number of carbonyl (C=O) groups excluding carboxylic acids is 1. The highest BCUT2D eigenvalue weighted by atomic mass is 32.2. The minimum Gasteiger partial charge on any atom is -0.341 e. The average molecular weight is 448 g/mol. The molecule has 0 spiro atoms. The lowest BCUT2D eigenvalue weighted by Crippen LogP contribution is -2.35. The molecule has 0 radical (unpaired) electrons. The second-order valence-corrected chi connectivity index (χ2v) is 10.4. The highest BCUT2D eigenvalue weighted by molar-refractivity contribution is 7.99. The molecule has 2 heterocycles. The minimum atomic E-state index is -3.48. The van der Waals surface area contributed by atoms with Crippen LogP contribution in [-0.4, -0.2) is 54.4 Å². The van der Waals surface area contributed by atoms with E-state index in [1.54, 1.807) is 24.1 Å². The lowest BCUT2D eigenvalue weighted by atomic mass is 10.1. The van der Waals surface area contributed by atoms with E-state index < -0.39 is 10.0 Å². The van der Waals surface area contributed by atoms with Crippen molar-refractivity contribution in [2.24, 2.45) is 0 Å². The Bertz CT molecular complexity index is 939. The summed E-state index contributed by atoms with van der Waals surface area (Å²) >= 11 is 1.32. The lowest BCUT2D eigenvalue weighted by molar-refractivity contribution is -0.127. The molecule has 0 bridgehead atoms. The summed E-state index contributed by atoms with van der Waals surface area (Å²) in [6.45, 7) is 3.82. The van der Waals surface area contributed by atoms with E-state index in [9.17, 15) is 13.2 Å². The second kappa shape index (κ2) is 10.4. The Morgan fingerprint density at radius 2 is 1.73 bits per heavy atom. The summed E-state index contributed by atoms with van der Waals surface area (Å²) in [4.78, 5) is 18.6. The Morgan fingerprint density at radius 3 is 2.33 bits per heavy atom. The number of hydrogen-bond acceptors (Lipinski definition) is 5. The van der Waals surface area contributed by atoms with Gasteiger partial charge in [0.2, 0.25) is 15.9 Å². The largest absolute Gasteiger partial charge is 0.341 e. The highest BCUT2D eigenvalue weighted by Crippen LogP contribution is 2.22. The standard InChI is InChI=1S/C22H29N3O3S2/c1-3-18-7-9-19(10-8-18)16-24(2)22(26)17-29-21-12-11-20(15-23-21)30(27,28)25-13-5-4-6-14-25/h7-12,15H,3-6,13-14,16-17H2,1-2H3. The molecule has 0 unspecified atom stereocenters. The van der Waals surface area contributed by atoms with Gasteiger partial charge in [0.15, 0.2) is 0 Å². The molecule has 1 aliphatic rings. The molecule has 0 atom stereocenters. The predicted octanol–water partition coefficient (Wildman–Crippen LogP) is 3.57. The van der Waals surface area contributed by atoms with Crippen LogP contribution in [0.4, 0.5) is 0 Å². The maximum absolute atomic E-state index is 12.7. The smallest absolute Gasteiger partial charge is 0.244 e. The first kappa shape index (κ1) is 22.8. The topological polar surface area (TPSA) is 70.6 Å². The normalized spacial score (nSPS) is 15.1. The fourth-order valence-corrected chi connectivity index (χ4v) is 5.59. The molecule has 1 amide bonds. The van der Waals surface area contributed by atoms with Crippen molar-refractivity contribution in [1.29, 1.82) is 0 Å². The van der Waals surface area contributed by atoms with Gasteiger partial charge >= 0.3 is 0 Å². The Hall–Kier alpha value is -1.90. The van der Waals surface area contributed by atoms with Gasteiger partial charge in [-0.1, -0.05) is 49.4 Å². The number of thioether (sulfide) groups is 1. The van der Waals surface area contributed by atoms with Gasteiger partial charge in [0, 0.05) is 32.9 Å². The summed E-state index contributed by atoms with van der Waals surface area (Å²) in [5.74, 6) is 0.265. The van der Waals surface area contributed by atoms with E-state index in [0.29, 0.717) is 24.7 Å². The van der Waals surface area contributed by atoms with E-state index >= 15 is 0 Å². The van der Waals surface area contributed by atoms with Crippen LogP contribution in [0.5, 0.6) is 0 Å². The molecular weight excluding hydrogens is 418 g/mol. The van der Waals surface area contributed by atoms with Crippen LogP contribution in [0.3, 0.4) is 0 Å². The lowest BCUT2D eigenvalue weighted by Gasteiger charge is -2.25. The number of aromatic nitrogens is 1. The zero-order valence-corrected chi connectivity index (χ0v) is 19.2. The van der Waals surface area contributed by atoms with Crippen molar-refractivity contribution in [2.45, 2.75) is 49.1 Å². The Labute approximate surface area is 183 Å².